The van der Waals surface area contributed by atoms with E-state index >= 15 is 0 Å². The van der Waals surface area contributed by atoms with Crippen LogP contribution >= 0.6 is 23.5 Å². The van der Waals surface area contributed by atoms with Gasteiger partial charge in [-0.15, -0.1) is 0 Å². The average molecular weight is 607 g/mol. The van der Waals surface area contributed by atoms with Crippen molar-refractivity contribution in [3.8, 4) is 11.5 Å². The molecule has 11 nitrogen and oxygen atoms in total. The second-order valence-electron chi connectivity index (χ2n) is 9.43. The molecule has 41 heavy (non-hydrogen) atoms. The summed E-state index contributed by atoms with van der Waals surface area (Å²) < 4.78 is 0. The van der Waals surface area contributed by atoms with Crippen molar-refractivity contribution in [2.75, 3.05) is 24.0 Å². The molecule has 0 saturated heterocycles. The Hall–Kier alpha value is -3.42. The standard InChI is InChI=1S/C28H38N4O7S2/c1-40-13-11-22(26(36)31-23(28(38)39)12-14-41-2)30-27(37)24(16-18-5-9-20(34)10-6-18)32-25(35)21(29)15-17-3-7-19(33)8-4-17/h3-10,21-24,33-34H,11-16,29H2,1-2H3,(H,30,37)(H,31,36)(H,32,35)(H,38,39). The zero-order valence-electron chi connectivity index (χ0n) is 23.0. The zero-order chi connectivity index (χ0) is 30.4. The molecule has 0 saturated carbocycles. The number of carboxylic acid groups (broad SMARTS) is 1. The van der Waals surface area contributed by atoms with E-state index in [2.05, 4.69) is 16.0 Å². The van der Waals surface area contributed by atoms with Crippen LogP contribution in [0.5, 0.6) is 11.5 Å². The molecule has 4 atom stereocenters. The van der Waals surface area contributed by atoms with E-state index in [9.17, 15) is 34.5 Å². The third-order valence-electron chi connectivity index (χ3n) is 6.21. The monoisotopic (exact) mass is 606 g/mol. The van der Waals surface area contributed by atoms with E-state index in [1.807, 2.05) is 12.5 Å². The third-order valence-corrected chi connectivity index (χ3v) is 7.49. The van der Waals surface area contributed by atoms with Gasteiger partial charge in [0, 0.05) is 6.42 Å². The van der Waals surface area contributed by atoms with E-state index in [1.165, 1.54) is 47.8 Å². The van der Waals surface area contributed by atoms with Gasteiger partial charge in [-0.1, -0.05) is 24.3 Å². The van der Waals surface area contributed by atoms with Gasteiger partial charge in [0.05, 0.1) is 6.04 Å². The highest BCUT2D eigenvalue weighted by Gasteiger charge is 2.30. The highest BCUT2D eigenvalue weighted by molar-refractivity contribution is 7.98. The van der Waals surface area contributed by atoms with Crippen LogP contribution in [0.1, 0.15) is 24.0 Å². The summed E-state index contributed by atoms with van der Waals surface area (Å²) in [5.74, 6) is -1.85. The molecule has 2 aromatic rings. The summed E-state index contributed by atoms with van der Waals surface area (Å²) in [5, 5.41) is 36.5. The van der Waals surface area contributed by atoms with Crippen molar-refractivity contribution in [1.82, 2.24) is 16.0 Å². The van der Waals surface area contributed by atoms with E-state index in [1.54, 1.807) is 24.3 Å². The number of carbonyl (C=O) groups is 4. The molecule has 4 unspecified atom stereocenters. The van der Waals surface area contributed by atoms with Gasteiger partial charge in [-0.05, 0) is 78.7 Å². The Morgan fingerprint density at radius 2 is 1.10 bits per heavy atom. The molecule has 0 heterocycles. The molecular formula is C28H38N4O7S2. The molecule has 0 radical (unpaired) electrons. The topological polar surface area (TPSA) is 191 Å². The molecule has 13 heteroatoms. The second kappa shape index (κ2) is 17.4. The van der Waals surface area contributed by atoms with Gasteiger partial charge in [-0.3, -0.25) is 14.4 Å². The van der Waals surface area contributed by atoms with Crippen LogP contribution in [0.2, 0.25) is 0 Å². The van der Waals surface area contributed by atoms with Gasteiger partial charge in [-0.25, -0.2) is 4.79 Å². The van der Waals surface area contributed by atoms with Crippen LogP contribution in [0, 0.1) is 0 Å². The number of carbonyl (C=O) groups excluding carboxylic acids is 3. The first-order chi connectivity index (χ1) is 19.5. The van der Waals surface area contributed by atoms with Crippen LogP contribution < -0.4 is 21.7 Å². The number of thioether (sulfide) groups is 2. The molecule has 0 aliphatic heterocycles. The largest absolute Gasteiger partial charge is 0.508 e. The number of carboxylic acids is 1. The number of hydrogen-bond donors (Lipinski definition) is 7. The summed E-state index contributed by atoms with van der Waals surface area (Å²) in [6.07, 6.45) is 4.36. The molecule has 0 bridgehead atoms. The van der Waals surface area contributed by atoms with Crippen molar-refractivity contribution in [2.45, 2.75) is 49.9 Å². The number of aliphatic carboxylic acids is 1. The number of benzene rings is 2. The van der Waals surface area contributed by atoms with Crippen LogP contribution in [-0.4, -0.2) is 87.2 Å². The number of phenols is 2. The number of rotatable bonds is 17. The molecule has 0 fully saturated rings. The van der Waals surface area contributed by atoms with Crippen molar-refractivity contribution >= 4 is 47.2 Å². The quantitative estimate of drug-likeness (QED) is 0.138. The first-order valence-corrected chi connectivity index (χ1v) is 15.8. The fraction of sp³-hybridized carbons (Fsp3) is 0.429. The van der Waals surface area contributed by atoms with Gasteiger partial charge in [0.15, 0.2) is 0 Å². The van der Waals surface area contributed by atoms with E-state index in [4.69, 9.17) is 5.73 Å². The summed E-state index contributed by atoms with van der Waals surface area (Å²) in [6.45, 7) is 0. The molecule has 224 valence electrons. The van der Waals surface area contributed by atoms with E-state index < -0.39 is 47.9 Å². The maximum absolute atomic E-state index is 13.5. The molecular weight excluding hydrogens is 568 g/mol. The molecule has 0 spiro atoms. The Balaban J connectivity index is 2.21. The fourth-order valence-electron chi connectivity index (χ4n) is 3.88. The van der Waals surface area contributed by atoms with Gasteiger partial charge in [-0.2, -0.15) is 23.5 Å². The summed E-state index contributed by atoms with van der Waals surface area (Å²) in [4.78, 5) is 51.3. The van der Waals surface area contributed by atoms with Crippen molar-refractivity contribution in [3.63, 3.8) is 0 Å². The van der Waals surface area contributed by atoms with Gasteiger partial charge >= 0.3 is 5.97 Å². The Morgan fingerprint density at radius 1 is 0.683 bits per heavy atom. The van der Waals surface area contributed by atoms with Crippen LogP contribution in [-0.2, 0) is 32.0 Å². The van der Waals surface area contributed by atoms with Crippen molar-refractivity contribution in [2.24, 2.45) is 5.73 Å². The van der Waals surface area contributed by atoms with Crippen molar-refractivity contribution in [1.29, 1.82) is 0 Å². The molecule has 2 aromatic carbocycles. The second-order valence-corrected chi connectivity index (χ2v) is 11.4. The minimum atomic E-state index is -1.16. The van der Waals surface area contributed by atoms with E-state index in [0.29, 0.717) is 22.6 Å². The average Bonchev–Trinajstić information content (AvgIpc) is 2.94. The Morgan fingerprint density at radius 3 is 1.59 bits per heavy atom. The van der Waals surface area contributed by atoms with Gasteiger partial charge in [0.2, 0.25) is 17.7 Å². The predicted molar refractivity (Wildman–Crippen MR) is 161 cm³/mol. The number of nitrogens with two attached hydrogens (primary N) is 1. The lowest BCUT2D eigenvalue weighted by Crippen LogP contribution is -2.58. The maximum atomic E-state index is 13.5. The lowest BCUT2D eigenvalue weighted by atomic mass is 10.0. The third kappa shape index (κ3) is 11.9. The Bertz CT molecular complexity index is 1150. The molecule has 3 amide bonds. The lowest BCUT2D eigenvalue weighted by molar-refractivity contribution is -0.142. The van der Waals surface area contributed by atoms with Crippen molar-refractivity contribution < 1.29 is 34.5 Å². The molecule has 8 N–H and O–H groups in total. The molecule has 0 aromatic heterocycles. The van der Waals surface area contributed by atoms with Crippen LogP contribution in [0.3, 0.4) is 0 Å². The van der Waals surface area contributed by atoms with Gasteiger partial charge < -0.3 is 37.0 Å². The predicted octanol–water partition coefficient (Wildman–Crippen LogP) is 1.26. The van der Waals surface area contributed by atoms with Crippen LogP contribution in [0.4, 0.5) is 0 Å². The SMILES string of the molecule is CSCCC(NC(=O)C(CCSC)NC(=O)C(Cc1ccc(O)cc1)NC(=O)C(N)Cc1ccc(O)cc1)C(=O)O. The van der Waals surface area contributed by atoms with E-state index in [-0.39, 0.29) is 37.2 Å². The lowest BCUT2D eigenvalue weighted by Gasteiger charge is -2.25. The van der Waals surface area contributed by atoms with E-state index in [0.717, 1.165) is 0 Å². The Kier molecular flexibility index (Phi) is 14.3. The van der Waals surface area contributed by atoms with Gasteiger partial charge in [0.1, 0.15) is 29.6 Å². The fourth-order valence-corrected chi connectivity index (χ4v) is 4.82. The maximum Gasteiger partial charge on any atom is 0.326 e. The Labute approximate surface area is 248 Å². The molecule has 0 aliphatic rings. The minimum absolute atomic E-state index is 0.0398. The zero-order valence-corrected chi connectivity index (χ0v) is 24.7. The first-order valence-electron chi connectivity index (χ1n) is 13.0. The normalized spacial score (nSPS) is 13.8. The van der Waals surface area contributed by atoms with Gasteiger partial charge in [0.25, 0.3) is 0 Å². The number of nitrogens with one attached hydrogen (secondary N) is 3. The summed E-state index contributed by atoms with van der Waals surface area (Å²) >= 11 is 2.92. The highest BCUT2D eigenvalue weighted by Crippen LogP contribution is 2.14. The number of aromatic hydroxyl groups is 2. The van der Waals surface area contributed by atoms with Crippen LogP contribution in [0.15, 0.2) is 48.5 Å². The minimum Gasteiger partial charge on any atom is -0.508 e. The summed E-state index contributed by atoms with van der Waals surface area (Å²) in [7, 11) is 0. The smallest absolute Gasteiger partial charge is 0.326 e. The summed E-state index contributed by atoms with van der Waals surface area (Å²) in [6, 6.07) is 8.13. The van der Waals surface area contributed by atoms with Crippen molar-refractivity contribution in [3.05, 3.63) is 59.7 Å². The first kappa shape index (κ1) is 33.8. The number of hydrogen-bond acceptors (Lipinski definition) is 9. The number of phenolic OH excluding ortho intramolecular Hbond substituents is 2. The van der Waals surface area contributed by atoms with Crippen LogP contribution in [0.25, 0.3) is 0 Å². The molecule has 0 aliphatic carbocycles. The summed E-state index contributed by atoms with van der Waals surface area (Å²) in [5.41, 5.74) is 7.48. The molecule has 2 rings (SSSR count). The number of amides is 3. The highest BCUT2D eigenvalue weighted by atomic mass is 32.2.